The van der Waals surface area contributed by atoms with Gasteiger partial charge in [-0.05, 0) is 50.2 Å². The molecule has 1 N–H and O–H groups in total. The topological polar surface area (TPSA) is 86.1 Å². The number of rotatable bonds is 8. The first-order chi connectivity index (χ1) is 14.0. The summed E-state index contributed by atoms with van der Waals surface area (Å²) in [5, 5.41) is 12.0. The van der Waals surface area contributed by atoms with Gasteiger partial charge in [-0.25, -0.2) is 0 Å². The monoisotopic (exact) mass is 410 g/mol. The molecule has 0 radical (unpaired) electrons. The van der Waals surface area contributed by atoms with Gasteiger partial charge in [0.15, 0.2) is 16.8 Å². The van der Waals surface area contributed by atoms with E-state index in [0.29, 0.717) is 23.0 Å². The first kappa shape index (κ1) is 20.6. The summed E-state index contributed by atoms with van der Waals surface area (Å²) < 4.78 is 7.16. The molecule has 7 nitrogen and oxygen atoms in total. The van der Waals surface area contributed by atoms with Gasteiger partial charge < -0.3 is 14.6 Å². The highest BCUT2D eigenvalue weighted by Gasteiger charge is 2.15. The molecular formula is C21H22N4O3S. The van der Waals surface area contributed by atoms with E-state index in [9.17, 15) is 9.59 Å². The molecule has 0 saturated heterocycles. The maximum Gasteiger partial charge on any atom is 0.234 e. The Morgan fingerprint density at radius 3 is 2.55 bits per heavy atom. The van der Waals surface area contributed by atoms with Crippen LogP contribution in [0, 0.1) is 0 Å². The summed E-state index contributed by atoms with van der Waals surface area (Å²) in [6, 6.07) is 14.5. The van der Waals surface area contributed by atoms with Crippen LogP contribution in [0.15, 0.2) is 53.7 Å². The van der Waals surface area contributed by atoms with E-state index in [1.54, 1.807) is 31.4 Å². The standard InChI is InChI=1S/C21H22N4O3S/c1-4-25-20(15-8-10-18(28-3)11-9-15)23-24-21(25)29-13-19(27)22-17-7-5-6-16(12-17)14(2)26/h5-12H,4,13H2,1-3H3,(H,22,27). The fraction of sp³-hybridized carbons (Fsp3) is 0.238. The number of ketones is 1. The molecule has 2 aromatic carbocycles. The zero-order valence-electron chi connectivity index (χ0n) is 16.5. The minimum Gasteiger partial charge on any atom is -0.497 e. The van der Waals surface area contributed by atoms with Crippen LogP contribution in [0.1, 0.15) is 24.2 Å². The van der Waals surface area contributed by atoms with Crippen LogP contribution >= 0.6 is 11.8 Å². The minimum atomic E-state index is -0.174. The van der Waals surface area contributed by atoms with E-state index in [1.807, 2.05) is 35.8 Å². The lowest BCUT2D eigenvalue weighted by Crippen LogP contribution is -2.15. The Hall–Kier alpha value is -3.13. The van der Waals surface area contributed by atoms with Crippen LogP contribution in [0.4, 0.5) is 5.69 Å². The summed E-state index contributed by atoms with van der Waals surface area (Å²) >= 11 is 1.32. The first-order valence-corrected chi connectivity index (χ1v) is 10.1. The zero-order valence-corrected chi connectivity index (χ0v) is 17.3. The first-order valence-electron chi connectivity index (χ1n) is 9.13. The summed E-state index contributed by atoms with van der Waals surface area (Å²) in [5.74, 6) is 1.49. The third kappa shape index (κ3) is 5.03. The quantitative estimate of drug-likeness (QED) is 0.448. The number of hydrogen-bond acceptors (Lipinski definition) is 6. The van der Waals surface area contributed by atoms with Crippen molar-refractivity contribution in [1.29, 1.82) is 0 Å². The van der Waals surface area contributed by atoms with Crippen molar-refractivity contribution < 1.29 is 14.3 Å². The molecule has 3 aromatic rings. The van der Waals surface area contributed by atoms with E-state index in [4.69, 9.17) is 4.74 Å². The number of carbonyl (C=O) groups is 2. The van der Waals surface area contributed by atoms with Crippen LogP contribution in [-0.4, -0.2) is 39.3 Å². The van der Waals surface area contributed by atoms with E-state index in [2.05, 4.69) is 15.5 Å². The van der Waals surface area contributed by atoms with Crippen molar-refractivity contribution in [2.45, 2.75) is 25.5 Å². The van der Waals surface area contributed by atoms with Gasteiger partial charge in [-0.3, -0.25) is 9.59 Å². The van der Waals surface area contributed by atoms with E-state index in [-0.39, 0.29) is 17.4 Å². The van der Waals surface area contributed by atoms with Crippen LogP contribution in [0.5, 0.6) is 5.75 Å². The third-order valence-electron chi connectivity index (χ3n) is 4.27. The molecule has 8 heteroatoms. The van der Waals surface area contributed by atoms with E-state index < -0.39 is 0 Å². The fourth-order valence-electron chi connectivity index (χ4n) is 2.78. The van der Waals surface area contributed by atoms with Gasteiger partial charge in [-0.2, -0.15) is 0 Å². The van der Waals surface area contributed by atoms with Crippen LogP contribution in [-0.2, 0) is 11.3 Å². The van der Waals surface area contributed by atoms with Gasteiger partial charge >= 0.3 is 0 Å². The number of ether oxygens (including phenoxy) is 1. The predicted molar refractivity (Wildman–Crippen MR) is 113 cm³/mol. The maximum absolute atomic E-state index is 12.3. The number of amides is 1. The number of thioether (sulfide) groups is 1. The number of methoxy groups -OCH3 is 1. The van der Waals surface area contributed by atoms with Crippen molar-refractivity contribution in [3.05, 3.63) is 54.1 Å². The Kier molecular flexibility index (Phi) is 6.66. The van der Waals surface area contributed by atoms with Crippen molar-refractivity contribution in [3.8, 4) is 17.1 Å². The summed E-state index contributed by atoms with van der Waals surface area (Å²) in [7, 11) is 1.62. The van der Waals surface area contributed by atoms with Gasteiger partial charge in [0.05, 0.1) is 12.9 Å². The van der Waals surface area contributed by atoms with Crippen molar-refractivity contribution >= 4 is 29.1 Å². The predicted octanol–water partition coefficient (Wildman–Crippen LogP) is 3.91. The van der Waals surface area contributed by atoms with E-state index >= 15 is 0 Å². The molecule has 150 valence electrons. The lowest BCUT2D eigenvalue weighted by atomic mass is 10.1. The van der Waals surface area contributed by atoms with Gasteiger partial charge in [0.2, 0.25) is 5.91 Å². The summed E-state index contributed by atoms with van der Waals surface area (Å²) in [5.41, 5.74) is 2.09. The number of anilines is 1. The lowest BCUT2D eigenvalue weighted by Gasteiger charge is -2.09. The molecule has 1 heterocycles. The Morgan fingerprint density at radius 1 is 1.14 bits per heavy atom. The highest BCUT2D eigenvalue weighted by atomic mass is 32.2. The van der Waals surface area contributed by atoms with Gasteiger partial charge in [0.25, 0.3) is 0 Å². The van der Waals surface area contributed by atoms with Gasteiger partial charge in [0, 0.05) is 23.4 Å². The van der Waals surface area contributed by atoms with Crippen molar-refractivity contribution in [2.75, 3.05) is 18.2 Å². The second kappa shape index (κ2) is 9.38. The molecule has 0 fully saturated rings. The molecule has 1 amide bonds. The van der Waals surface area contributed by atoms with Crippen LogP contribution in [0.2, 0.25) is 0 Å². The largest absolute Gasteiger partial charge is 0.497 e. The number of hydrogen-bond donors (Lipinski definition) is 1. The molecule has 0 aliphatic rings. The molecular weight excluding hydrogens is 388 g/mol. The third-order valence-corrected chi connectivity index (χ3v) is 5.23. The number of benzene rings is 2. The Balaban J connectivity index is 1.67. The van der Waals surface area contributed by atoms with Gasteiger partial charge in [-0.15, -0.1) is 10.2 Å². The fourth-order valence-corrected chi connectivity index (χ4v) is 3.58. The molecule has 0 saturated carbocycles. The van der Waals surface area contributed by atoms with Crippen LogP contribution < -0.4 is 10.1 Å². The molecule has 29 heavy (non-hydrogen) atoms. The number of carbonyl (C=O) groups excluding carboxylic acids is 2. The van der Waals surface area contributed by atoms with Crippen LogP contribution in [0.3, 0.4) is 0 Å². The van der Waals surface area contributed by atoms with Gasteiger partial charge in [-0.1, -0.05) is 23.9 Å². The van der Waals surface area contributed by atoms with Crippen LogP contribution in [0.25, 0.3) is 11.4 Å². The molecule has 0 spiro atoms. The average Bonchev–Trinajstić information content (AvgIpc) is 3.15. The lowest BCUT2D eigenvalue weighted by molar-refractivity contribution is -0.113. The summed E-state index contributed by atoms with van der Waals surface area (Å²) in [6.07, 6.45) is 0. The molecule has 3 rings (SSSR count). The van der Waals surface area contributed by atoms with Crippen molar-refractivity contribution in [1.82, 2.24) is 14.8 Å². The van der Waals surface area contributed by atoms with E-state index in [0.717, 1.165) is 17.1 Å². The molecule has 0 unspecified atom stereocenters. The molecule has 0 aliphatic heterocycles. The normalized spacial score (nSPS) is 10.6. The van der Waals surface area contributed by atoms with Crippen molar-refractivity contribution in [2.24, 2.45) is 0 Å². The Labute approximate surface area is 173 Å². The SMILES string of the molecule is CCn1c(SCC(=O)Nc2cccc(C(C)=O)c2)nnc1-c1ccc(OC)cc1. The van der Waals surface area contributed by atoms with Gasteiger partial charge in [0.1, 0.15) is 5.75 Å². The molecule has 0 bridgehead atoms. The molecule has 0 aliphatic carbocycles. The summed E-state index contributed by atoms with van der Waals surface area (Å²) in [6.45, 7) is 4.18. The Morgan fingerprint density at radius 2 is 1.90 bits per heavy atom. The number of nitrogens with one attached hydrogen (secondary N) is 1. The number of aromatic nitrogens is 3. The highest BCUT2D eigenvalue weighted by Crippen LogP contribution is 2.25. The van der Waals surface area contributed by atoms with Crippen molar-refractivity contribution in [3.63, 3.8) is 0 Å². The molecule has 0 atom stereocenters. The molecule has 1 aromatic heterocycles. The smallest absolute Gasteiger partial charge is 0.234 e. The van der Waals surface area contributed by atoms with E-state index in [1.165, 1.54) is 18.7 Å². The number of nitrogens with zero attached hydrogens (tertiary/aromatic N) is 3. The zero-order chi connectivity index (χ0) is 20.8. The maximum atomic E-state index is 12.3. The second-order valence-electron chi connectivity index (χ2n) is 6.25. The number of Topliss-reactive ketones (excluding diaryl/α,β-unsaturated/α-hetero) is 1. The minimum absolute atomic E-state index is 0.0439. The Bertz CT molecular complexity index is 1020. The second-order valence-corrected chi connectivity index (χ2v) is 7.20. The summed E-state index contributed by atoms with van der Waals surface area (Å²) in [4.78, 5) is 23.8. The average molecular weight is 410 g/mol. The highest BCUT2D eigenvalue weighted by molar-refractivity contribution is 7.99.